The van der Waals surface area contributed by atoms with E-state index >= 15 is 0 Å². The molecule has 0 amide bonds. The summed E-state index contributed by atoms with van der Waals surface area (Å²) in [7, 11) is 0. The van der Waals surface area contributed by atoms with Gasteiger partial charge in [0.25, 0.3) is 0 Å². The van der Waals surface area contributed by atoms with Crippen LogP contribution in [0, 0.1) is 0 Å². The molecule has 0 aromatic heterocycles. The molecule has 1 unspecified atom stereocenters. The standard InChI is InChI=1S/C21H29NO/c23-21(11-3-1-6-14-22-15-7-2-8-16-22)20-13-12-18-9-4-5-10-19(18)17-20/h4-5,9-10,12-13,17,21,23H,1-3,6-8,11,14-16H2. The lowest BCUT2D eigenvalue weighted by atomic mass is 9.99. The second-order valence-corrected chi connectivity index (χ2v) is 6.87. The van der Waals surface area contributed by atoms with Gasteiger partial charge in [0.15, 0.2) is 0 Å². The molecule has 3 rings (SSSR count). The first-order valence-corrected chi connectivity index (χ1v) is 9.22. The van der Waals surface area contributed by atoms with Crippen LogP contribution < -0.4 is 0 Å². The van der Waals surface area contributed by atoms with E-state index in [2.05, 4.69) is 47.4 Å². The van der Waals surface area contributed by atoms with Gasteiger partial charge < -0.3 is 10.0 Å². The summed E-state index contributed by atoms with van der Waals surface area (Å²) in [5.74, 6) is 0. The summed E-state index contributed by atoms with van der Waals surface area (Å²) in [4.78, 5) is 2.60. The van der Waals surface area contributed by atoms with Crippen LogP contribution in [0.4, 0.5) is 0 Å². The number of fused-ring (bicyclic) bond motifs is 1. The van der Waals surface area contributed by atoms with Crippen LogP contribution in [-0.2, 0) is 0 Å². The van der Waals surface area contributed by atoms with Gasteiger partial charge in [0, 0.05) is 0 Å². The molecule has 1 atom stereocenters. The Morgan fingerprint density at radius 2 is 1.65 bits per heavy atom. The minimum atomic E-state index is -0.324. The Bertz CT molecular complexity index is 604. The van der Waals surface area contributed by atoms with Gasteiger partial charge in [-0.05, 0) is 67.7 Å². The SMILES string of the molecule is OC(CCCCCN1CCCCC1)c1ccc2ccccc2c1. The van der Waals surface area contributed by atoms with Gasteiger partial charge in [0.1, 0.15) is 0 Å². The fourth-order valence-electron chi connectivity index (χ4n) is 3.61. The average molecular weight is 311 g/mol. The molecule has 2 aromatic carbocycles. The molecule has 0 saturated carbocycles. The number of aliphatic hydroxyl groups excluding tert-OH is 1. The van der Waals surface area contributed by atoms with Crippen LogP contribution in [0.25, 0.3) is 10.8 Å². The second-order valence-electron chi connectivity index (χ2n) is 6.87. The molecule has 0 aliphatic carbocycles. The van der Waals surface area contributed by atoms with Crippen molar-refractivity contribution in [3.63, 3.8) is 0 Å². The van der Waals surface area contributed by atoms with Crippen LogP contribution >= 0.6 is 0 Å². The van der Waals surface area contributed by atoms with Crippen LogP contribution in [0.1, 0.15) is 56.6 Å². The molecular formula is C21H29NO. The lowest BCUT2D eigenvalue weighted by Crippen LogP contribution is -2.30. The van der Waals surface area contributed by atoms with Gasteiger partial charge in [-0.2, -0.15) is 0 Å². The zero-order valence-electron chi connectivity index (χ0n) is 14.1. The van der Waals surface area contributed by atoms with E-state index in [1.54, 1.807) is 0 Å². The van der Waals surface area contributed by atoms with Gasteiger partial charge in [0.2, 0.25) is 0 Å². The number of unbranched alkanes of at least 4 members (excludes halogenated alkanes) is 2. The van der Waals surface area contributed by atoms with E-state index in [0.29, 0.717) is 0 Å². The van der Waals surface area contributed by atoms with Crippen molar-refractivity contribution in [3.8, 4) is 0 Å². The topological polar surface area (TPSA) is 23.5 Å². The molecule has 2 heteroatoms. The zero-order chi connectivity index (χ0) is 15.9. The Morgan fingerprint density at radius 3 is 2.48 bits per heavy atom. The molecule has 1 aliphatic heterocycles. The lowest BCUT2D eigenvalue weighted by Gasteiger charge is -2.26. The monoisotopic (exact) mass is 311 g/mol. The highest BCUT2D eigenvalue weighted by atomic mass is 16.3. The van der Waals surface area contributed by atoms with Crippen LogP contribution in [0.3, 0.4) is 0 Å². The summed E-state index contributed by atoms with van der Waals surface area (Å²) in [5, 5.41) is 12.9. The van der Waals surface area contributed by atoms with Gasteiger partial charge >= 0.3 is 0 Å². The predicted molar refractivity (Wildman–Crippen MR) is 97.7 cm³/mol. The van der Waals surface area contributed by atoms with E-state index in [0.717, 1.165) is 18.4 Å². The normalized spacial score (nSPS) is 17.4. The Morgan fingerprint density at radius 1 is 0.870 bits per heavy atom. The number of benzene rings is 2. The highest BCUT2D eigenvalue weighted by Crippen LogP contribution is 2.24. The zero-order valence-corrected chi connectivity index (χ0v) is 14.1. The summed E-state index contributed by atoms with van der Waals surface area (Å²) in [5.41, 5.74) is 1.06. The number of hydrogen-bond acceptors (Lipinski definition) is 2. The van der Waals surface area contributed by atoms with Gasteiger partial charge in [-0.25, -0.2) is 0 Å². The maximum atomic E-state index is 10.4. The third-order valence-electron chi connectivity index (χ3n) is 5.06. The smallest absolute Gasteiger partial charge is 0.0790 e. The van der Waals surface area contributed by atoms with E-state index < -0.39 is 0 Å². The Kier molecular flexibility index (Phi) is 6.06. The molecule has 23 heavy (non-hydrogen) atoms. The Hall–Kier alpha value is -1.38. The molecule has 0 radical (unpaired) electrons. The first-order chi connectivity index (χ1) is 11.3. The van der Waals surface area contributed by atoms with E-state index in [4.69, 9.17) is 0 Å². The number of aliphatic hydroxyl groups is 1. The molecule has 2 nitrogen and oxygen atoms in total. The van der Waals surface area contributed by atoms with Crippen molar-refractivity contribution in [3.05, 3.63) is 48.0 Å². The van der Waals surface area contributed by atoms with Crippen molar-refractivity contribution >= 4 is 10.8 Å². The largest absolute Gasteiger partial charge is 0.388 e. The first-order valence-electron chi connectivity index (χ1n) is 9.22. The van der Waals surface area contributed by atoms with Crippen LogP contribution in [0.5, 0.6) is 0 Å². The fraction of sp³-hybridized carbons (Fsp3) is 0.524. The van der Waals surface area contributed by atoms with Crippen molar-refractivity contribution < 1.29 is 5.11 Å². The van der Waals surface area contributed by atoms with Crippen LogP contribution in [0.2, 0.25) is 0 Å². The Labute approximate surface area is 140 Å². The third kappa shape index (κ3) is 4.79. The summed E-state index contributed by atoms with van der Waals surface area (Å²) < 4.78 is 0. The van der Waals surface area contributed by atoms with Crippen molar-refractivity contribution in [1.29, 1.82) is 0 Å². The maximum absolute atomic E-state index is 10.4. The number of likely N-dealkylation sites (tertiary alicyclic amines) is 1. The van der Waals surface area contributed by atoms with Crippen LogP contribution in [-0.4, -0.2) is 29.6 Å². The summed E-state index contributed by atoms with van der Waals surface area (Å²) in [6.07, 6.45) is 8.32. The molecule has 1 saturated heterocycles. The number of piperidine rings is 1. The molecule has 124 valence electrons. The molecular weight excluding hydrogens is 282 g/mol. The quantitative estimate of drug-likeness (QED) is 0.734. The van der Waals surface area contributed by atoms with E-state index in [9.17, 15) is 5.11 Å². The molecule has 1 aliphatic rings. The summed E-state index contributed by atoms with van der Waals surface area (Å²) in [6, 6.07) is 14.7. The number of hydrogen-bond donors (Lipinski definition) is 1. The lowest BCUT2D eigenvalue weighted by molar-refractivity contribution is 0.162. The molecule has 1 fully saturated rings. The summed E-state index contributed by atoms with van der Waals surface area (Å²) in [6.45, 7) is 3.82. The minimum Gasteiger partial charge on any atom is -0.388 e. The molecule has 1 heterocycles. The number of nitrogens with zero attached hydrogens (tertiary/aromatic N) is 1. The summed E-state index contributed by atoms with van der Waals surface area (Å²) >= 11 is 0. The molecule has 0 bridgehead atoms. The number of rotatable bonds is 7. The van der Waals surface area contributed by atoms with E-state index in [-0.39, 0.29) is 6.10 Å². The van der Waals surface area contributed by atoms with Crippen molar-refractivity contribution in [2.75, 3.05) is 19.6 Å². The van der Waals surface area contributed by atoms with Crippen molar-refractivity contribution in [2.24, 2.45) is 0 Å². The van der Waals surface area contributed by atoms with Crippen molar-refractivity contribution in [2.45, 2.75) is 51.0 Å². The van der Waals surface area contributed by atoms with Crippen molar-refractivity contribution in [1.82, 2.24) is 4.90 Å². The Balaban J connectivity index is 1.40. The van der Waals surface area contributed by atoms with Gasteiger partial charge in [-0.3, -0.25) is 0 Å². The molecule has 2 aromatic rings. The average Bonchev–Trinajstić information content (AvgIpc) is 2.61. The predicted octanol–water partition coefficient (Wildman–Crippen LogP) is 4.92. The molecule has 1 N–H and O–H groups in total. The molecule has 0 spiro atoms. The third-order valence-corrected chi connectivity index (χ3v) is 5.06. The van der Waals surface area contributed by atoms with E-state index in [1.165, 1.54) is 62.5 Å². The van der Waals surface area contributed by atoms with Gasteiger partial charge in [-0.15, -0.1) is 0 Å². The maximum Gasteiger partial charge on any atom is 0.0790 e. The second kappa shape index (κ2) is 8.47. The van der Waals surface area contributed by atoms with Gasteiger partial charge in [0.05, 0.1) is 6.10 Å². The van der Waals surface area contributed by atoms with E-state index in [1.807, 2.05) is 0 Å². The fourth-order valence-corrected chi connectivity index (χ4v) is 3.61. The van der Waals surface area contributed by atoms with Gasteiger partial charge in [-0.1, -0.05) is 55.7 Å². The first kappa shape index (κ1) is 16.5. The highest BCUT2D eigenvalue weighted by molar-refractivity contribution is 5.83. The minimum absolute atomic E-state index is 0.324. The van der Waals surface area contributed by atoms with Crippen LogP contribution in [0.15, 0.2) is 42.5 Å². The highest BCUT2D eigenvalue weighted by Gasteiger charge is 2.10.